The van der Waals surface area contributed by atoms with Crippen LogP contribution in [0, 0.1) is 5.92 Å². The molecule has 5 heteroatoms. The van der Waals surface area contributed by atoms with E-state index in [1.165, 1.54) is 4.90 Å². The average Bonchev–Trinajstić information content (AvgIpc) is 2.78. The zero-order valence-electron chi connectivity index (χ0n) is 11.7. The Balaban J connectivity index is 2.29. The van der Waals surface area contributed by atoms with E-state index in [4.69, 9.17) is 4.74 Å². The Kier molecular flexibility index (Phi) is 4.27. The number of hydrogen-bond acceptors (Lipinski definition) is 3. The van der Waals surface area contributed by atoms with Gasteiger partial charge in [-0.15, -0.1) is 0 Å². The van der Waals surface area contributed by atoms with E-state index in [9.17, 15) is 14.7 Å². The molecule has 0 radical (unpaired) electrons. The summed E-state index contributed by atoms with van der Waals surface area (Å²) in [5.74, 6) is -0.806. The summed E-state index contributed by atoms with van der Waals surface area (Å²) in [7, 11) is 0. The molecular weight excluding hydrogens is 258 g/mol. The summed E-state index contributed by atoms with van der Waals surface area (Å²) in [5, 5.41) is 9.42. The lowest BCUT2D eigenvalue weighted by Gasteiger charge is -2.29. The van der Waals surface area contributed by atoms with Gasteiger partial charge < -0.3 is 9.84 Å². The topological polar surface area (TPSA) is 66.8 Å². The minimum atomic E-state index is -0.988. The van der Waals surface area contributed by atoms with Crippen molar-refractivity contribution < 1.29 is 19.4 Å². The molecule has 2 rings (SSSR count). The van der Waals surface area contributed by atoms with Crippen molar-refractivity contribution in [3.05, 3.63) is 35.9 Å². The molecule has 1 saturated heterocycles. The van der Waals surface area contributed by atoms with Gasteiger partial charge >= 0.3 is 12.1 Å². The van der Waals surface area contributed by atoms with Crippen LogP contribution in [0.1, 0.15) is 31.9 Å². The van der Waals surface area contributed by atoms with Crippen LogP contribution in [0.25, 0.3) is 0 Å². The zero-order chi connectivity index (χ0) is 14.7. The summed E-state index contributed by atoms with van der Waals surface area (Å²) in [6.45, 7) is 4.08. The van der Waals surface area contributed by atoms with Crippen LogP contribution in [0.15, 0.2) is 30.3 Å². The third kappa shape index (κ3) is 2.92. The molecule has 1 aromatic carbocycles. The number of hydrogen-bond donors (Lipinski definition) is 1. The number of ether oxygens (including phenoxy) is 1. The molecule has 0 spiro atoms. The van der Waals surface area contributed by atoms with E-state index in [1.54, 1.807) is 0 Å². The molecule has 0 saturated carbocycles. The largest absolute Gasteiger partial charge is 0.480 e. The number of amides is 1. The number of carbonyl (C=O) groups is 2. The predicted molar refractivity (Wildman–Crippen MR) is 73.2 cm³/mol. The minimum Gasteiger partial charge on any atom is -0.480 e. The van der Waals surface area contributed by atoms with Gasteiger partial charge in [0.25, 0.3) is 0 Å². The van der Waals surface area contributed by atoms with E-state index >= 15 is 0 Å². The van der Waals surface area contributed by atoms with Gasteiger partial charge in [-0.3, -0.25) is 4.90 Å². The summed E-state index contributed by atoms with van der Waals surface area (Å²) in [5.41, 5.74) is 0.897. The summed E-state index contributed by atoms with van der Waals surface area (Å²) >= 11 is 0. The molecule has 0 aliphatic carbocycles. The molecule has 0 aromatic heterocycles. The van der Waals surface area contributed by atoms with E-state index < -0.39 is 18.1 Å². The molecular formula is C15H19NO4. The number of carboxylic acids is 1. The van der Waals surface area contributed by atoms with E-state index in [0.29, 0.717) is 6.42 Å². The Morgan fingerprint density at radius 3 is 2.60 bits per heavy atom. The van der Waals surface area contributed by atoms with Gasteiger partial charge in [-0.05, 0) is 17.9 Å². The highest BCUT2D eigenvalue weighted by atomic mass is 16.6. The fourth-order valence-corrected chi connectivity index (χ4v) is 2.49. The maximum atomic E-state index is 11.9. The second-order valence-electron chi connectivity index (χ2n) is 5.39. The summed E-state index contributed by atoms with van der Waals surface area (Å²) in [4.78, 5) is 24.8. The van der Waals surface area contributed by atoms with Gasteiger partial charge in [-0.25, -0.2) is 9.59 Å². The number of carboxylic acid groups (broad SMARTS) is 1. The number of aliphatic carboxylic acids is 1. The lowest BCUT2D eigenvalue weighted by atomic mass is 9.99. The first kappa shape index (κ1) is 14.4. The van der Waals surface area contributed by atoms with E-state index in [2.05, 4.69) is 0 Å². The van der Waals surface area contributed by atoms with Crippen LogP contribution in [0.5, 0.6) is 0 Å². The van der Waals surface area contributed by atoms with Gasteiger partial charge in [0.2, 0.25) is 0 Å². The Hall–Kier alpha value is -2.04. The van der Waals surface area contributed by atoms with Crippen molar-refractivity contribution in [2.75, 3.05) is 6.61 Å². The molecule has 1 aliphatic heterocycles. The van der Waals surface area contributed by atoms with Crippen LogP contribution in [-0.2, 0) is 9.53 Å². The standard InChI is InChI=1S/C15H19NO4/c1-10(2)8-12(14(17)18)16-13(9-20-15(16)19)11-6-4-3-5-7-11/h3-7,10,12-13H,8-9H2,1-2H3,(H,17,18)/t12-,13+/m0/s1. The van der Waals surface area contributed by atoms with Gasteiger partial charge in [0, 0.05) is 0 Å². The predicted octanol–water partition coefficient (Wildman–Crippen LogP) is 2.68. The van der Waals surface area contributed by atoms with E-state index in [-0.39, 0.29) is 18.6 Å². The SMILES string of the molecule is CC(C)C[C@@H](C(=O)O)N1C(=O)OC[C@@H]1c1ccccc1. The van der Waals surface area contributed by atoms with Crippen molar-refractivity contribution in [3.8, 4) is 0 Å². The highest BCUT2D eigenvalue weighted by Crippen LogP contribution is 2.31. The number of carbonyl (C=O) groups excluding carboxylic acids is 1. The summed E-state index contributed by atoms with van der Waals surface area (Å²) in [6.07, 6.45) is -0.139. The fraction of sp³-hybridized carbons (Fsp3) is 0.467. The minimum absolute atomic E-state index is 0.181. The summed E-state index contributed by atoms with van der Waals surface area (Å²) < 4.78 is 5.07. The van der Waals surface area contributed by atoms with Crippen molar-refractivity contribution in [2.24, 2.45) is 5.92 Å². The third-order valence-electron chi connectivity index (χ3n) is 3.41. The van der Waals surface area contributed by atoms with E-state index in [0.717, 1.165) is 5.56 Å². The van der Waals surface area contributed by atoms with Gasteiger partial charge in [-0.1, -0.05) is 44.2 Å². The van der Waals surface area contributed by atoms with Crippen LogP contribution in [0.3, 0.4) is 0 Å². The molecule has 1 amide bonds. The molecule has 1 N–H and O–H groups in total. The van der Waals surface area contributed by atoms with Gasteiger partial charge in [0.05, 0.1) is 6.04 Å². The lowest BCUT2D eigenvalue weighted by molar-refractivity contribution is -0.143. The average molecular weight is 277 g/mol. The molecule has 2 atom stereocenters. The molecule has 20 heavy (non-hydrogen) atoms. The monoisotopic (exact) mass is 277 g/mol. The molecule has 1 aliphatic rings. The van der Waals surface area contributed by atoms with Crippen LogP contribution in [0.4, 0.5) is 4.79 Å². The van der Waals surface area contributed by atoms with Crippen molar-refractivity contribution in [2.45, 2.75) is 32.4 Å². The summed E-state index contributed by atoms with van der Waals surface area (Å²) in [6, 6.07) is 8.21. The quantitative estimate of drug-likeness (QED) is 0.898. The van der Waals surface area contributed by atoms with Crippen LogP contribution in [-0.4, -0.2) is 34.7 Å². The van der Waals surface area contributed by atoms with Crippen LogP contribution >= 0.6 is 0 Å². The van der Waals surface area contributed by atoms with Crippen LogP contribution in [0.2, 0.25) is 0 Å². The Labute approximate surface area is 118 Å². The van der Waals surface area contributed by atoms with Crippen molar-refractivity contribution in [1.29, 1.82) is 0 Å². The number of benzene rings is 1. The molecule has 1 aromatic rings. The normalized spacial score (nSPS) is 20.1. The van der Waals surface area contributed by atoms with Crippen LogP contribution < -0.4 is 0 Å². The third-order valence-corrected chi connectivity index (χ3v) is 3.41. The van der Waals surface area contributed by atoms with Gasteiger partial charge in [-0.2, -0.15) is 0 Å². The van der Waals surface area contributed by atoms with Gasteiger partial charge in [0.1, 0.15) is 12.6 Å². The van der Waals surface area contributed by atoms with Gasteiger partial charge in [0.15, 0.2) is 0 Å². The molecule has 1 fully saturated rings. The number of nitrogens with zero attached hydrogens (tertiary/aromatic N) is 1. The molecule has 5 nitrogen and oxygen atoms in total. The number of rotatable bonds is 5. The zero-order valence-corrected chi connectivity index (χ0v) is 11.7. The van der Waals surface area contributed by atoms with Crippen molar-refractivity contribution >= 4 is 12.1 Å². The molecule has 0 unspecified atom stereocenters. The van der Waals surface area contributed by atoms with Crippen molar-refractivity contribution in [1.82, 2.24) is 4.90 Å². The Morgan fingerprint density at radius 2 is 2.05 bits per heavy atom. The van der Waals surface area contributed by atoms with E-state index in [1.807, 2.05) is 44.2 Å². The Morgan fingerprint density at radius 1 is 1.40 bits per heavy atom. The van der Waals surface area contributed by atoms with Crippen molar-refractivity contribution in [3.63, 3.8) is 0 Å². The smallest absolute Gasteiger partial charge is 0.411 e. The first-order valence-corrected chi connectivity index (χ1v) is 6.73. The maximum absolute atomic E-state index is 11.9. The highest BCUT2D eigenvalue weighted by Gasteiger charge is 2.42. The molecule has 0 bridgehead atoms. The molecule has 108 valence electrons. The Bertz CT molecular complexity index is 486. The number of cyclic esters (lactones) is 1. The highest BCUT2D eigenvalue weighted by molar-refractivity contribution is 5.81. The fourth-order valence-electron chi connectivity index (χ4n) is 2.49. The first-order chi connectivity index (χ1) is 9.50. The molecule has 1 heterocycles. The maximum Gasteiger partial charge on any atom is 0.411 e. The first-order valence-electron chi connectivity index (χ1n) is 6.73. The lowest BCUT2D eigenvalue weighted by Crippen LogP contribution is -2.44. The second-order valence-corrected chi connectivity index (χ2v) is 5.39. The second kappa shape index (κ2) is 5.94.